The van der Waals surface area contributed by atoms with Gasteiger partial charge in [0.15, 0.2) is 0 Å². The average molecular weight is 138 g/mol. The van der Waals surface area contributed by atoms with E-state index in [1.54, 1.807) is 17.7 Å². The van der Waals surface area contributed by atoms with Gasteiger partial charge < -0.3 is 10.3 Å². The molecule has 10 heavy (non-hydrogen) atoms. The Labute approximate surface area is 59.4 Å². The van der Waals surface area contributed by atoms with E-state index in [0.29, 0.717) is 5.69 Å². The second-order valence-electron chi connectivity index (χ2n) is 2.38. The van der Waals surface area contributed by atoms with Crippen molar-refractivity contribution in [1.29, 1.82) is 0 Å². The number of primary amides is 1. The monoisotopic (exact) mass is 138 g/mol. The summed E-state index contributed by atoms with van der Waals surface area (Å²) in [4.78, 5) is 10.6. The third-order valence-electron chi connectivity index (χ3n) is 1.39. The minimum atomic E-state index is -0.379. The van der Waals surface area contributed by atoms with Gasteiger partial charge >= 0.3 is 0 Å². The summed E-state index contributed by atoms with van der Waals surface area (Å²) in [6, 6.07) is 1.77. The summed E-state index contributed by atoms with van der Waals surface area (Å²) in [6.45, 7) is 1.92. The van der Waals surface area contributed by atoms with Crippen LogP contribution in [-0.4, -0.2) is 10.5 Å². The summed E-state index contributed by atoms with van der Waals surface area (Å²) in [5.74, 6) is -0.379. The number of rotatable bonds is 1. The molecule has 0 aliphatic carbocycles. The van der Waals surface area contributed by atoms with Gasteiger partial charge in [-0.25, -0.2) is 0 Å². The Hall–Kier alpha value is -1.25. The van der Waals surface area contributed by atoms with Gasteiger partial charge in [-0.1, -0.05) is 0 Å². The standard InChI is InChI=1S/C7H10N2O/c1-5-3-6(7(8)10)9(2)4-5/h3-4H,1-2H3,(H2,8,10). The molecule has 0 saturated carbocycles. The van der Waals surface area contributed by atoms with E-state index >= 15 is 0 Å². The number of aryl methyl sites for hydroxylation is 2. The smallest absolute Gasteiger partial charge is 0.265 e. The largest absolute Gasteiger partial charge is 0.364 e. The summed E-state index contributed by atoms with van der Waals surface area (Å²) in [7, 11) is 1.80. The molecular formula is C7H10N2O. The highest BCUT2D eigenvalue weighted by molar-refractivity contribution is 5.91. The minimum absolute atomic E-state index is 0.379. The number of hydrogen-bond donors (Lipinski definition) is 1. The molecule has 3 heteroatoms. The highest BCUT2D eigenvalue weighted by Gasteiger charge is 2.04. The van der Waals surface area contributed by atoms with E-state index < -0.39 is 0 Å². The molecule has 0 unspecified atom stereocenters. The van der Waals surface area contributed by atoms with E-state index in [9.17, 15) is 4.79 Å². The van der Waals surface area contributed by atoms with Crippen molar-refractivity contribution in [3.63, 3.8) is 0 Å². The van der Waals surface area contributed by atoms with E-state index in [2.05, 4.69) is 0 Å². The second kappa shape index (κ2) is 2.17. The van der Waals surface area contributed by atoms with Gasteiger partial charge in [0.25, 0.3) is 5.91 Å². The molecule has 1 rings (SSSR count). The molecule has 0 saturated heterocycles. The van der Waals surface area contributed by atoms with Crippen molar-refractivity contribution in [2.75, 3.05) is 0 Å². The fourth-order valence-corrected chi connectivity index (χ4v) is 0.975. The Bertz CT molecular complexity index is 263. The average Bonchev–Trinajstić information content (AvgIpc) is 2.10. The second-order valence-corrected chi connectivity index (χ2v) is 2.38. The van der Waals surface area contributed by atoms with Gasteiger partial charge in [0, 0.05) is 13.2 Å². The molecule has 2 N–H and O–H groups in total. The molecule has 1 aromatic heterocycles. The minimum Gasteiger partial charge on any atom is -0.364 e. The molecule has 0 bridgehead atoms. The van der Waals surface area contributed by atoms with Crippen LogP contribution in [0, 0.1) is 6.92 Å². The molecule has 1 heterocycles. The molecule has 1 amide bonds. The van der Waals surface area contributed by atoms with Crippen molar-refractivity contribution in [2.24, 2.45) is 12.8 Å². The number of carbonyl (C=O) groups excluding carboxylic acids is 1. The molecule has 0 aliphatic heterocycles. The highest BCUT2D eigenvalue weighted by Crippen LogP contribution is 2.03. The van der Waals surface area contributed by atoms with Crippen molar-refractivity contribution in [3.8, 4) is 0 Å². The Morgan fingerprint density at radius 1 is 1.70 bits per heavy atom. The lowest BCUT2D eigenvalue weighted by molar-refractivity contribution is 0.0992. The Balaban J connectivity index is 3.15. The van der Waals surface area contributed by atoms with Crippen LogP contribution in [0.4, 0.5) is 0 Å². The van der Waals surface area contributed by atoms with Crippen LogP contribution in [0.5, 0.6) is 0 Å². The molecule has 0 aromatic carbocycles. The lowest BCUT2D eigenvalue weighted by Crippen LogP contribution is -2.14. The van der Waals surface area contributed by atoms with Crippen LogP contribution in [-0.2, 0) is 7.05 Å². The normalized spacial score (nSPS) is 9.80. The van der Waals surface area contributed by atoms with E-state index in [0.717, 1.165) is 5.56 Å². The molecule has 0 fully saturated rings. The summed E-state index contributed by atoms with van der Waals surface area (Å²) in [5, 5.41) is 0. The maximum absolute atomic E-state index is 10.6. The van der Waals surface area contributed by atoms with Gasteiger partial charge in [-0.15, -0.1) is 0 Å². The predicted molar refractivity (Wildman–Crippen MR) is 38.7 cm³/mol. The van der Waals surface area contributed by atoms with Gasteiger partial charge in [-0.05, 0) is 18.6 Å². The van der Waals surface area contributed by atoms with E-state index in [1.165, 1.54) is 0 Å². The van der Waals surface area contributed by atoms with Crippen LogP contribution >= 0.6 is 0 Å². The zero-order valence-corrected chi connectivity index (χ0v) is 6.09. The zero-order chi connectivity index (χ0) is 7.72. The SMILES string of the molecule is Cc1cc(C(N)=O)n(C)c1. The van der Waals surface area contributed by atoms with Crippen LogP contribution in [0.3, 0.4) is 0 Å². The molecule has 0 atom stereocenters. The fourth-order valence-electron chi connectivity index (χ4n) is 0.975. The lowest BCUT2D eigenvalue weighted by Gasteiger charge is -1.94. The first-order valence-electron chi connectivity index (χ1n) is 3.04. The number of nitrogens with zero attached hydrogens (tertiary/aromatic N) is 1. The maximum Gasteiger partial charge on any atom is 0.265 e. The first-order chi connectivity index (χ1) is 4.61. The molecule has 0 radical (unpaired) electrons. The van der Waals surface area contributed by atoms with Crippen molar-refractivity contribution in [3.05, 3.63) is 23.5 Å². The molecule has 1 aromatic rings. The summed E-state index contributed by atoms with van der Waals surface area (Å²) in [5.41, 5.74) is 6.67. The van der Waals surface area contributed by atoms with Crippen LogP contribution in [0.15, 0.2) is 12.3 Å². The van der Waals surface area contributed by atoms with Crippen molar-refractivity contribution < 1.29 is 4.79 Å². The van der Waals surface area contributed by atoms with Gasteiger partial charge in [0.05, 0.1) is 0 Å². The lowest BCUT2D eigenvalue weighted by atomic mass is 10.3. The molecule has 0 aliphatic rings. The Morgan fingerprint density at radius 2 is 2.30 bits per heavy atom. The molecule has 3 nitrogen and oxygen atoms in total. The fraction of sp³-hybridized carbons (Fsp3) is 0.286. The quantitative estimate of drug-likeness (QED) is 0.601. The van der Waals surface area contributed by atoms with Gasteiger partial charge in [0.2, 0.25) is 0 Å². The topological polar surface area (TPSA) is 48.0 Å². The van der Waals surface area contributed by atoms with Gasteiger partial charge in [-0.2, -0.15) is 0 Å². The number of amides is 1. The maximum atomic E-state index is 10.6. The highest BCUT2D eigenvalue weighted by atomic mass is 16.1. The molecule has 0 spiro atoms. The molecule has 54 valence electrons. The summed E-state index contributed by atoms with van der Waals surface area (Å²) in [6.07, 6.45) is 1.86. The summed E-state index contributed by atoms with van der Waals surface area (Å²) >= 11 is 0. The van der Waals surface area contributed by atoms with E-state index in [4.69, 9.17) is 5.73 Å². The van der Waals surface area contributed by atoms with Crippen LogP contribution in [0.2, 0.25) is 0 Å². The third-order valence-corrected chi connectivity index (χ3v) is 1.39. The first kappa shape index (κ1) is 6.86. The van der Waals surface area contributed by atoms with E-state index in [-0.39, 0.29) is 5.91 Å². The predicted octanol–water partition coefficient (Wildman–Crippen LogP) is 0.432. The van der Waals surface area contributed by atoms with Crippen molar-refractivity contribution in [1.82, 2.24) is 4.57 Å². The summed E-state index contributed by atoms with van der Waals surface area (Å²) < 4.78 is 1.72. The Morgan fingerprint density at radius 3 is 2.50 bits per heavy atom. The number of hydrogen-bond acceptors (Lipinski definition) is 1. The van der Waals surface area contributed by atoms with Crippen LogP contribution < -0.4 is 5.73 Å². The first-order valence-corrected chi connectivity index (χ1v) is 3.04. The van der Waals surface area contributed by atoms with Crippen LogP contribution in [0.1, 0.15) is 16.1 Å². The number of aromatic nitrogens is 1. The molecular weight excluding hydrogens is 128 g/mol. The van der Waals surface area contributed by atoms with Gasteiger partial charge in [-0.3, -0.25) is 4.79 Å². The number of carbonyl (C=O) groups is 1. The Kier molecular flexibility index (Phi) is 1.49. The van der Waals surface area contributed by atoms with Crippen LogP contribution in [0.25, 0.3) is 0 Å². The van der Waals surface area contributed by atoms with Crippen molar-refractivity contribution in [2.45, 2.75) is 6.92 Å². The number of nitrogens with two attached hydrogens (primary N) is 1. The van der Waals surface area contributed by atoms with E-state index in [1.807, 2.05) is 13.1 Å². The van der Waals surface area contributed by atoms with Crippen molar-refractivity contribution >= 4 is 5.91 Å². The third kappa shape index (κ3) is 1.03. The zero-order valence-electron chi connectivity index (χ0n) is 6.09. The van der Waals surface area contributed by atoms with Gasteiger partial charge in [0.1, 0.15) is 5.69 Å².